The molecule has 0 saturated heterocycles. The zero-order valence-electron chi connectivity index (χ0n) is 8.58. The Kier molecular flexibility index (Phi) is 3.87. The molecule has 0 N–H and O–H groups in total. The molecule has 0 spiro atoms. The second-order valence-electron chi connectivity index (χ2n) is 3.44. The van der Waals surface area contributed by atoms with Crippen molar-refractivity contribution in [2.75, 3.05) is 0 Å². The van der Waals surface area contributed by atoms with Crippen LogP contribution in [0.4, 0.5) is 0 Å². The number of hydrogen-bond donors (Lipinski definition) is 0. The van der Waals surface area contributed by atoms with Gasteiger partial charge < -0.3 is 0 Å². The largest absolute Gasteiger partial charge is 0.289 e. The van der Waals surface area contributed by atoms with Gasteiger partial charge in [-0.1, -0.05) is 35.3 Å². The molecule has 0 aliphatic heterocycles. The number of rotatable bonds is 2. The third kappa shape index (κ3) is 2.71. The monoisotopic (exact) mass is 328 g/mol. The maximum atomic E-state index is 12.2. The average molecular weight is 330 g/mol. The van der Waals surface area contributed by atoms with Gasteiger partial charge in [0.1, 0.15) is 0 Å². The van der Waals surface area contributed by atoms with Crippen molar-refractivity contribution >= 4 is 44.9 Å². The number of hydrogen-bond acceptors (Lipinski definition) is 1. The Morgan fingerprint density at radius 1 is 1.00 bits per heavy atom. The molecule has 4 heteroatoms. The summed E-state index contributed by atoms with van der Waals surface area (Å²) in [6, 6.07) is 12.0. The molecule has 2 aromatic carbocycles. The minimum atomic E-state index is -0.134. The van der Waals surface area contributed by atoms with Crippen molar-refractivity contribution in [3.63, 3.8) is 0 Å². The van der Waals surface area contributed by atoms with E-state index in [1.165, 1.54) is 0 Å². The van der Waals surface area contributed by atoms with Crippen LogP contribution in [0.1, 0.15) is 15.9 Å². The number of ketones is 1. The van der Waals surface area contributed by atoms with E-state index in [1.807, 2.05) is 0 Å². The van der Waals surface area contributed by atoms with Gasteiger partial charge in [-0.2, -0.15) is 0 Å². The third-order valence-electron chi connectivity index (χ3n) is 2.30. The minimum Gasteiger partial charge on any atom is -0.289 e. The fourth-order valence-electron chi connectivity index (χ4n) is 1.44. The van der Waals surface area contributed by atoms with Gasteiger partial charge in [0.05, 0.1) is 10.0 Å². The van der Waals surface area contributed by atoms with Crippen LogP contribution in [0.5, 0.6) is 0 Å². The first-order valence-corrected chi connectivity index (χ1v) is 6.39. The van der Waals surface area contributed by atoms with E-state index in [9.17, 15) is 4.79 Å². The summed E-state index contributed by atoms with van der Waals surface area (Å²) in [6.07, 6.45) is 0. The van der Waals surface area contributed by atoms with E-state index in [2.05, 4.69) is 15.9 Å². The van der Waals surface area contributed by atoms with Crippen molar-refractivity contribution in [3.05, 3.63) is 68.1 Å². The molecule has 0 bridgehead atoms. The fraction of sp³-hybridized carbons (Fsp3) is 0. The molecule has 0 atom stereocenters. The van der Waals surface area contributed by atoms with E-state index in [1.54, 1.807) is 42.5 Å². The first-order chi connectivity index (χ1) is 8.09. The predicted octanol–water partition coefficient (Wildman–Crippen LogP) is 4.99. The molecule has 0 radical (unpaired) electrons. The van der Waals surface area contributed by atoms with Gasteiger partial charge in [0.2, 0.25) is 0 Å². The van der Waals surface area contributed by atoms with Gasteiger partial charge in [-0.15, -0.1) is 0 Å². The van der Waals surface area contributed by atoms with Crippen molar-refractivity contribution in [2.24, 2.45) is 0 Å². The summed E-state index contributed by atoms with van der Waals surface area (Å²) < 4.78 is 0.759. The summed E-state index contributed by atoms with van der Waals surface area (Å²) in [7, 11) is 0. The van der Waals surface area contributed by atoms with Gasteiger partial charge in [0.25, 0.3) is 0 Å². The lowest BCUT2D eigenvalue weighted by Gasteiger charge is -2.04. The maximum Gasteiger partial charge on any atom is 0.194 e. The average Bonchev–Trinajstić information content (AvgIpc) is 2.32. The lowest BCUT2D eigenvalue weighted by Crippen LogP contribution is -2.01. The highest BCUT2D eigenvalue weighted by molar-refractivity contribution is 9.10. The van der Waals surface area contributed by atoms with Gasteiger partial charge in [-0.25, -0.2) is 0 Å². The van der Waals surface area contributed by atoms with Crippen LogP contribution < -0.4 is 0 Å². The molecular weight excluding hydrogens is 323 g/mol. The van der Waals surface area contributed by atoms with Crippen LogP contribution in [-0.2, 0) is 0 Å². The van der Waals surface area contributed by atoms with E-state index >= 15 is 0 Å². The summed E-state index contributed by atoms with van der Waals surface area (Å²) >= 11 is 15.2. The molecule has 0 amide bonds. The molecule has 86 valence electrons. The van der Waals surface area contributed by atoms with E-state index in [4.69, 9.17) is 23.2 Å². The van der Waals surface area contributed by atoms with Crippen molar-refractivity contribution in [3.8, 4) is 0 Å². The number of carbonyl (C=O) groups is 1. The second-order valence-corrected chi connectivity index (χ2v) is 5.11. The Morgan fingerprint density at radius 3 is 2.35 bits per heavy atom. The molecular formula is C13H7BrCl2O. The van der Waals surface area contributed by atoms with Crippen LogP contribution in [0, 0.1) is 0 Å². The van der Waals surface area contributed by atoms with Crippen LogP contribution >= 0.6 is 39.1 Å². The molecule has 0 heterocycles. The Bertz CT molecular complexity index is 581. The number of benzene rings is 2. The van der Waals surface area contributed by atoms with Crippen LogP contribution in [0.2, 0.25) is 10.0 Å². The standard InChI is InChI=1S/C13H7BrCl2O/c14-10-6-5-8(7-12(10)16)13(17)9-3-1-2-4-11(9)15/h1-7H. The SMILES string of the molecule is O=C(c1ccc(Br)c(Cl)c1)c1ccccc1Cl. The van der Waals surface area contributed by atoms with Crippen molar-refractivity contribution < 1.29 is 4.79 Å². The van der Waals surface area contributed by atoms with Crippen LogP contribution in [0.25, 0.3) is 0 Å². The minimum absolute atomic E-state index is 0.134. The van der Waals surface area contributed by atoms with Gasteiger partial charge in [0.15, 0.2) is 5.78 Å². The Balaban J connectivity index is 2.44. The third-order valence-corrected chi connectivity index (χ3v) is 3.86. The molecule has 0 saturated carbocycles. The van der Waals surface area contributed by atoms with Gasteiger partial charge >= 0.3 is 0 Å². The molecule has 17 heavy (non-hydrogen) atoms. The van der Waals surface area contributed by atoms with E-state index in [0.717, 1.165) is 4.47 Å². The van der Waals surface area contributed by atoms with Crippen molar-refractivity contribution in [2.45, 2.75) is 0 Å². The van der Waals surface area contributed by atoms with E-state index in [-0.39, 0.29) is 5.78 Å². The molecule has 0 aliphatic rings. The molecule has 0 unspecified atom stereocenters. The highest BCUT2D eigenvalue weighted by atomic mass is 79.9. The molecule has 2 aromatic rings. The summed E-state index contributed by atoms with van der Waals surface area (Å²) in [5, 5.41) is 0.944. The summed E-state index contributed by atoms with van der Waals surface area (Å²) in [5.41, 5.74) is 0.999. The zero-order valence-corrected chi connectivity index (χ0v) is 11.7. The second kappa shape index (κ2) is 5.21. The first-order valence-electron chi connectivity index (χ1n) is 4.84. The maximum absolute atomic E-state index is 12.2. The zero-order chi connectivity index (χ0) is 12.4. The van der Waals surface area contributed by atoms with Crippen molar-refractivity contribution in [1.82, 2.24) is 0 Å². The Labute approximate surface area is 117 Å². The van der Waals surface area contributed by atoms with Crippen LogP contribution in [-0.4, -0.2) is 5.78 Å². The lowest BCUT2D eigenvalue weighted by molar-refractivity contribution is 0.103. The topological polar surface area (TPSA) is 17.1 Å². The van der Waals surface area contributed by atoms with E-state index < -0.39 is 0 Å². The summed E-state index contributed by atoms with van der Waals surface area (Å²) in [6.45, 7) is 0. The molecule has 0 aromatic heterocycles. The first kappa shape index (κ1) is 12.6. The number of carbonyl (C=O) groups excluding carboxylic acids is 1. The lowest BCUT2D eigenvalue weighted by atomic mass is 10.0. The Hall–Kier alpha value is -0.830. The van der Waals surface area contributed by atoms with Gasteiger partial charge in [-0.05, 0) is 46.3 Å². The Morgan fingerprint density at radius 2 is 1.71 bits per heavy atom. The highest BCUT2D eigenvalue weighted by Crippen LogP contribution is 2.26. The van der Waals surface area contributed by atoms with Crippen LogP contribution in [0.15, 0.2) is 46.9 Å². The predicted molar refractivity (Wildman–Crippen MR) is 74.0 cm³/mol. The van der Waals surface area contributed by atoms with Crippen LogP contribution in [0.3, 0.4) is 0 Å². The van der Waals surface area contributed by atoms with Crippen molar-refractivity contribution in [1.29, 1.82) is 0 Å². The highest BCUT2D eigenvalue weighted by Gasteiger charge is 2.13. The van der Waals surface area contributed by atoms with Gasteiger partial charge in [-0.3, -0.25) is 4.79 Å². The fourth-order valence-corrected chi connectivity index (χ4v) is 2.09. The molecule has 2 rings (SSSR count). The van der Waals surface area contributed by atoms with Gasteiger partial charge in [0, 0.05) is 15.6 Å². The number of halogens is 3. The summed E-state index contributed by atoms with van der Waals surface area (Å²) in [4.78, 5) is 12.2. The quantitative estimate of drug-likeness (QED) is 0.709. The normalized spacial score (nSPS) is 10.3. The molecule has 0 aliphatic carbocycles. The molecule has 0 fully saturated rings. The summed E-state index contributed by atoms with van der Waals surface area (Å²) in [5.74, 6) is -0.134. The smallest absolute Gasteiger partial charge is 0.194 e. The molecule has 1 nitrogen and oxygen atoms in total. The van der Waals surface area contributed by atoms with E-state index in [0.29, 0.717) is 21.2 Å².